The van der Waals surface area contributed by atoms with Crippen molar-refractivity contribution in [2.45, 2.75) is 26.7 Å². The highest BCUT2D eigenvalue weighted by atomic mass is 19.1. The Morgan fingerprint density at radius 3 is 2.86 bits per heavy atom. The standard InChI is InChI=1S/C17H20FNO2/c1-17(2)8-9-19(12-17)16(21)15-11-14(18)7-6-13(15)5-3-4-10-20/h6-7,11,20H,4,8-10,12H2,1-2H3. The molecule has 1 N–H and O–H groups in total. The van der Waals surface area contributed by atoms with E-state index in [1.807, 2.05) is 0 Å². The largest absolute Gasteiger partial charge is 0.395 e. The van der Waals surface area contributed by atoms with Crippen molar-refractivity contribution >= 4 is 5.91 Å². The van der Waals surface area contributed by atoms with Gasteiger partial charge in [-0.25, -0.2) is 4.39 Å². The molecule has 112 valence electrons. The van der Waals surface area contributed by atoms with Crippen LogP contribution in [0, 0.1) is 23.1 Å². The molecule has 1 aliphatic heterocycles. The summed E-state index contributed by atoms with van der Waals surface area (Å²) in [5.74, 6) is 5.01. The first kappa shape index (κ1) is 15.5. The first-order valence-electron chi connectivity index (χ1n) is 7.11. The number of hydrogen-bond donors (Lipinski definition) is 1. The molecule has 1 aromatic rings. The summed E-state index contributed by atoms with van der Waals surface area (Å²) in [7, 11) is 0. The van der Waals surface area contributed by atoms with Gasteiger partial charge in [0.2, 0.25) is 0 Å². The minimum Gasteiger partial charge on any atom is -0.395 e. The quantitative estimate of drug-likeness (QED) is 0.850. The zero-order valence-electron chi connectivity index (χ0n) is 12.4. The molecule has 1 saturated heterocycles. The van der Waals surface area contributed by atoms with E-state index in [0.717, 1.165) is 6.42 Å². The van der Waals surface area contributed by atoms with Crippen LogP contribution in [0.15, 0.2) is 18.2 Å². The summed E-state index contributed by atoms with van der Waals surface area (Å²) in [4.78, 5) is 14.3. The van der Waals surface area contributed by atoms with E-state index >= 15 is 0 Å². The number of hydrogen-bond acceptors (Lipinski definition) is 2. The van der Waals surface area contributed by atoms with Crippen molar-refractivity contribution in [1.29, 1.82) is 0 Å². The van der Waals surface area contributed by atoms with Gasteiger partial charge in [-0.3, -0.25) is 4.79 Å². The van der Waals surface area contributed by atoms with Crippen LogP contribution in [0.5, 0.6) is 0 Å². The molecular weight excluding hydrogens is 269 g/mol. The molecule has 4 heteroatoms. The maximum Gasteiger partial charge on any atom is 0.255 e. The number of likely N-dealkylation sites (tertiary alicyclic amines) is 1. The molecule has 1 aliphatic rings. The molecule has 1 amide bonds. The van der Waals surface area contributed by atoms with Crippen LogP contribution in [0.1, 0.15) is 42.6 Å². The molecule has 0 radical (unpaired) electrons. The van der Waals surface area contributed by atoms with E-state index in [2.05, 4.69) is 25.7 Å². The van der Waals surface area contributed by atoms with Crippen LogP contribution in [0.2, 0.25) is 0 Å². The number of rotatable bonds is 2. The second-order valence-electron chi connectivity index (χ2n) is 6.11. The first-order valence-corrected chi connectivity index (χ1v) is 7.11. The van der Waals surface area contributed by atoms with Gasteiger partial charge in [-0.1, -0.05) is 25.7 Å². The normalized spacial score (nSPS) is 16.5. The Hall–Kier alpha value is -1.86. The van der Waals surface area contributed by atoms with Crippen molar-refractivity contribution < 1.29 is 14.3 Å². The second-order valence-corrected chi connectivity index (χ2v) is 6.11. The van der Waals surface area contributed by atoms with Gasteiger partial charge in [0.05, 0.1) is 12.2 Å². The highest BCUT2D eigenvalue weighted by Crippen LogP contribution is 2.30. The fourth-order valence-corrected chi connectivity index (χ4v) is 2.47. The fourth-order valence-electron chi connectivity index (χ4n) is 2.47. The van der Waals surface area contributed by atoms with E-state index in [1.165, 1.54) is 18.2 Å². The predicted octanol–water partition coefficient (Wildman–Crippen LogP) is 2.43. The van der Waals surface area contributed by atoms with Crippen molar-refractivity contribution in [3.8, 4) is 11.8 Å². The maximum atomic E-state index is 13.5. The van der Waals surface area contributed by atoms with E-state index in [0.29, 0.717) is 30.6 Å². The summed E-state index contributed by atoms with van der Waals surface area (Å²) in [6, 6.07) is 4.07. The number of carbonyl (C=O) groups is 1. The Balaban J connectivity index is 2.28. The molecule has 0 bridgehead atoms. The summed E-state index contributed by atoms with van der Waals surface area (Å²) in [5.41, 5.74) is 0.920. The van der Waals surface area contributed by atoms with Crippen molar-refractivity contribution in [3.05, 3.63) is 35.1 Å². The Morgan fingerprint density at radius 2 is 2.24 bits per heavy atom. The Bertz CT molecular complexity index is 599. The molecule has 1 fully saturated rings. The average Bonchev–Trinajstić information content (AvgIpc) is 2.80. The van der Waals surface area contributed by atoms with Crippen molar-refractivity contribution in [1.82, 2.24) is 4.90 Å². The third-order valence-corrected chi connectivity index (χ3v) is 3.64. The lowest BCUT2D eigenvalue weighted by molar-refractivity contribution is 0.0777. The van der Waals surface area contributed by atoms with Gasteiger partial charge in [-0.15, -0.1) is 0 Å². The summed E-state index contributed by atoms with van der Waals surface area (Å²) < 4.78 is 13.5. The molecule has 1 heterocycles. The van der Waals surface area contributed by atoms with Crippen LogP contribution in [-0.4, -0.2) is 35.6 Å². The van der Waals surface area contributed by atoms with Gasteiger partial charge in [0.1, 0.15) is 5.82 Å². The number of carbonyl (C=O) groups excluding carboxylic acids is 1. The first-order chi connectivity index (χ1) is 9.93. The molecule has 0 spiro atoms. The minimum atomic E-state index is -0.440. The fraction of sp³-hybridized carbons (Fsp3) is 0.471. The average molecular weight is 289 g/mol. The summed E-state index contributed by atoms with van der Waals surface area (Å²) in [6.45, 7) is 5.57. The van der Waals surface area contributed by atoms with Crippen LogP contribution in [0.4, 0.5) is 4.39 Å². The van der Waals surface area contributed by atoms with Gasteiger partial charge >= 0.3 is 0 Å². The monoisotopic (exact) mass is 289 g/mol. The Labute approximate surface area is 124 Å². The number of nitrogens with zero attached hydrogens (tertiary/aromatic N) is 1. The lowest BCUT2D eigenvalue weighted by Crippen LogP contribution is -2.30. The SMILES string of the molecule is CC1(C)CCN(C(=O)c2cc(F)ccc2C#CCCO)C1. The Morgan fingerprint density at radius 1 is 1.48 bits per heavy atom. The van der Waals surface area contributed by atoms with E-state index in [-0.39, 0.29) is 17.9 Å². The number of amides is 1. The summed E-state index contributed by atoms with van der Waals surface area (Å²) in [5, 5.41) is 8.76. The Kier molecular flexibility index (Phi) is 4.64. The predicted molar refractivity (Wildman–Crippen MR) is 79.3 cm³/mol. The zero-order valence-corrected chi connectivity index (χ0v) is 12.4. The number of aliphatic hydroxyl groups is 1. The van der Waals surface area contributed by atoms with Crippen molar-refractivity contribution in [2.75, 3.05) is 19.7 Å². The van der Waals surface area contributed by atoms with E-state index in [9.17, 15) is 9.18 Å². The van der Waals surface area contributed by atoms with Crippen molar-refractivity contribution in [2.24, 2.45) is 5.41 Å². The van der Waals surface area contributed by atoms with E-state index in [1.54, 1.807) is 4.90 Å². The molecule has 1 aromatic carbocycles. The van der Waals surface area contributed by atoms with Gasteiger partial charge in [0.25, 0.3) is 5.91 Å². The highest BCUT2D eigenvalue weighted by Gasteiger charge is 2.33. The van der Waals surface area contributed by atoms with Crippen LogP contribution in [0.25, 0.3) is 0 Å². The summed E-state index contributed by atoms with van der Waals surface area (Å²) in [6.07, 6.45) is 1.28. The van der Waals surface area contributed by atoms with Crippen LogP contribution < -0.4 is 0 Å². The smallest absolute Gasteiger partial charge is 0.255 e. The van der Waals surface area contributed by atoms with Gasteiger partial charge < -0.3 is 10.0 Å². The van der Waals surface area contributed by atoms with Crippen LogP contribution in [0.3, 0.4) is 0 Å². The van der Waals surface area contributed by atoms with Crippen LogP contribution in [-0.2, 0) is 0 Å². The molecular formula is C17H20FNO2. The number of aliphatic hydroxyl groups excluding tert-OH is 1. The molecule has 2 rings (SSSR count). The number of benzene rings is 1. The van der Waals surface area contributed by atoms with Crippen molar-refractivity contribution in [3.63, 3.8) is 0 Å². The molecule has 0 unspecified atom stereocenters. The molecule has 0 aromatic heterocycles. The molecule has 0 saturated carbocycles. The maximum absolute atomic E-state index is 13.5. The molecule has 3 nitrogen and oxygen atoms in total. The van der Waals surface area contributed by atoms with Gasteiger partial charge in [-0.2, -0.15) is 0 Å². The molecule has 0 atom stereocenters. The second kappa shape index (κ2) is 6.28. The van der Waals surface area contributed by atoms with E-state index < -0.39 is 5.82 Å². The van der Waals surface area contributed by atoms with Gasteiger partial charge in [0, 0.05) is 25.1 Å². The third kappa shape index (κ3) is 3.83. The zero-order chi connectivity index (χ0) is 15.5. The lowest BCUT2D eigenvalue weighted by atomic mass is 9.93. The minimum absolute atomic E-state index is 0.0300. The third-order valence-electron chi connectivity index (χ3n) is 3.64. The molecule has 0 aliphatic carbocycles. The lowest BCUT2D eigenvalue weighted by Gasteiger charge is -2.20. The highest BCUT2D eigenvalue weighted by molar-refractivity contribution is 5.97. The van der Waals surface area contributed by atoms with Crippen LogP contribution >= 0.6 is 0 Å². The molecule has 21 heavy (non-hydrogen) atoms. The van der Waals surface area contributed by atoms with E-state index in [4.69, 9.17) is 5.11 Å². The van der Waals surface area contributed by atoms with Gasteiger partial charge in [0.15, 0.2) is 0 Å². The summed E-state index contributed by atoms with van der Waals surface area (Å²) >= 11 is 0. The topological polar surface area (TPSA) is 40.5 Å². The number of halogens is 1. The van der Waals surface area contributed by atoms with Gasteiger partial charge in [-0.05, 0) is 30.0 Å².